The van der Waals surface area contributed by atoms with Crippen molar-refractivity contribution < 1.29 is 14.7 Å². The Hall–Kier alpha value is -1.78. The van der Waals surface area contributed by atoms with E-state index >= 15 is 0 Å². The van der Waals surface area contributed by atoms with E-state index in [2.05, 4.69) is 12.2 Å². The van der Waals surface area contributed by atoms with E-state index in [0.29, 0.717) is 6.54 Å². The molecule has 0 saturated carbocycles. The van der Waals surface area contributed by atoms with Gasteiger partial charge in [0.25, 0.3) is 0 Å². The number of rotatable bonds is 10. The molecule has 1 aromatic rings. The quantitative estimate of drug-likeness (QED) is 0.647. The van der Waals surface area contributed by atoms with E-state index in [-0.39, 0.29) is 18.1 Å². The first kappa shape index (κ1) is 16.3. The van der Waals surface area contributed by atoms with Crippen molar-refractivity contribution in [3.63, 3.8) is 0 Å². The largest absolute Gasteiger partial charge is 0.477 e. The number of nitrogens with zero attached hydrogens (tertiary/aromatic N) is 1. The van der Waals surface area contributed by atoms with Crippen molar-refractivity contribution in [1.82, 2.24) is 9.88 Å². The number of carbonyl (C=O) groups is 2. The Kier molecular flexibility index (Phi) is 7.47. The Labute approximate surface area is 120 Å². The van der Waals surface area contributed by atoms with Gasteiger partial charge < -0.3 is 15.0 Å². The summed E-state index contributed by atoms with van der Waals surface area (Å²) in [4.78, 5) is 22.6. The van der Waals surface area contributed by atoms with Crippen molar-refractivity contribution in [2.45, 2.75) is 52.0 Å². The minimum absolute atomic E-state index is 0.0600. The fourth-order valence-electron chi connectivity index (χ4n) is 2.09. The first-order chi connectivity index (χ1) is 9.65. The SMILES string of the molecule is CCCCCCCCNC(=O)Cn1cccc1C(=O)O. The lowest BCUT2D eigenvalue weighted by Crippen LogP contribution is -2.29. The lowest BCUT2D eigenvalue weighted by Gasteiger charge is -2.07. The summed E-state index contributed by atoms with van der Waals surface area (Å²) in [6.45, 7) is 2.91. The van der Waals surface area contributed by atoms with Gasteiger partial charge in [-0.25, -0.2) is 4.79 Å². The Balaban J connectivity index is 2.17. The highest BCUT2D eigenvalue weighted by Gasteiger charge is 2.10. The molecule has 1 rings (SSSR count). The van der Waals surface area contributed by atoms with Crippen LogP contribution < -0.4 is 5.32 Å². The molecule has 112 valence electrons. The third-order valence-corrected chi connectivity index (χ3v) is 3.22. The van der Waals surface area contributed by atoms with Crippen LogP contribution in [0.15, 0.2) is 18.3 Å². The normalized spacial score (nSPS) is 10.4. The molecule has 20 heavy (non-hydrogen) atoms. The molecule has 0 saturated heterocycles. The zero-order valence-electron chi connectivity index (χ0n) is 12.1. The van der Waals surface area contributed by atoms with Crippen LogP contribution in [0.25, 0.3) is 0 Å². The van der Waals surface area contributed by atoms with Gasteiger partial charge in [-0.2, -0.15) is 0 Å². The zero-order chi connectivity index (χ0) is 14.8. The number of hydrogen-bond donors (Lipinski definition) is 2. The second kappa shape index (κ2) is 9.18. The van der Waals surface area contributed by atoms with Gasteiger partial charge in [0.2, 0.25) is 5.91 Å². The Morgan fingerprint density at radius 2 is 1.90 bits per heavy atom. The smallest absolute Gasteiger partial charge is 0.352 e. The van der Waals surface area contributed by atoms with E-state index in [1.165, 1.54) is 36.3 Å². The van der Waals surface area contributed by atoms with Crippen LogP contribution in [-0.4, -0.2) is 28.1 Å². The van der Waals surface area contributed by atoms with E-state index < -0.39 is 5.97 Å². The van der Waals surface area contributed by atoms with Gasteiger partial charge in [-0.15, -0.1) is 0 Å². The third kappa shape index (κ3) is 5.91. The van der Waals surface area contributed by atoms with Crippen LogP contribution in [0.2, 0.25) is 0 Å². The second-order valence-electron chi connectivity index (χ2n) is 4.94. The fourth-order valence-corrected chi connectivity index (χ4v) is 2.09. The summed E-state index contributed by atoms with van der Waals surface area (Å²) in [6.07, 6.45) is 8.70. The molecule has 0 aliphatic rings. The minimum atomic E-state index is -1.02. The van der Waals surface area contributed by atoms with Gasteiger partial charge in [0.1, 0.15) is 12.2 Å². The number of carboxylic acid groups (broad SMARTS) is 1. The van der Waals surface area contributed by atoms with E-state index in [0.717, 1.165) is 12.8 Å². The number of unbranched alkanes of at least 4 members (excludes halogenated alkanes) is 5. The van der Waals surface area contributed by atoms with Crippen molar-refractivity contribution in [3.8, 4) is 0 Å². The molecule has 1 amide bonds. The van der Waals surface area contributed by atoms with Gasteiger partial charge in [-0.05, 0) is 18.6 Å². The number of aromatic nitrogens is 1. The molecule has 0 atom stereocenters. The number of aromatic carboxylic acids is 1. The number of hydrogen-bond acceptors (Lipinski definition) is 2. The Morgan fingerprint density at radius 3 is 2.60 bits per heavy atom. The molecule has 5 nitrogen and oxygen atoms in total. The minimum Gasteiger partial charge on any atom is -0.477 e. The molecular weight excluding hydrogens is 256 g/mol. The zero-order valence-corrected chi connectivity index (χ0v) is 12.1. The van der Waals surface area contributed by atoms with Crippen molar-refractivity contribution in [3.05, 3.63) is 24.0 Å². The predicted octanol–water partition coefficient (Wildman–Crippen LogP) is 2.66. The lowest BCUT2D eigenvalue weighted by atomic mass is 10.1. The third-order valence-electron chi connectivity index (χ3n) is 3.22. The summed E-state index contributed by atoms with van der Waals surface area (Å²) in [5.41, 5.74) is 0.139. The Morgan fingerprint density at radius 1 is 1.20 bits per heavy atom. The van der Waals surface area contributed by atoms with Gasteiger partial charge in [-0.3, -0.25) is 4.79 Å². The molecule has 0 aliphatic carbocycles. The molecule has 2 N–H and O–H groups in total. The molecule has 1 aromatic heterocycles. The number of carboxylic acids is 1. The standard InChI is InChI=1S/C15H24N2O3/c1-2-3-4-5-6-7-10-16-14(18)12-17-11-8-9-13(17)15(19)20/h8-9,11H,2-7,10,12H2,1H3,(H,16,18)(H,19,20). The topological polar surface area (TPSA) is 71.3 Å². The van der Waals surface area contributed by atoms with Gasteiger partial charge >= 0.3 is 5.97 Å². The van der Waals surface area contributed by atoms with Crippen LogP contribution in [0.1, 0.15) is 55.9 Å². The summed E-state index contributed by atoms with van der Waals surface area (Å²) in [6, 6.07) is 3.12. The highest BCUT2D eigenvalue weighted by atomic mass is 16.4. The van der Waals surface area contributed by atoms with Crippen molar-refractivity contribution in [2.24, 2.45) is 0 Å². The maximum Gasteiger partial charge on any atom is 0.352 e. The molecule has 0 spiro atoms. The van der Waals surface area contributed by atoms with Crippen LogP contribution in [0.4, 0.5) is 0 Å². The van der Waals surface area contributed by atoms with E-state index in [1.54, 1.807) is 12.3 Å². The lowest BCUT2D eigenvalue weighted by molar-refractivity contribution is -0.121. The molecular formula is C15H24N2O3. The highest BCUT2D eigenvalue weighted by molar-refractivity contribution is 5.86. The summed E-state index contributed by atoms with van der Waals surface area (Å²) in [5.74, 6) is -1.16. The molecule has 0 fully saturated rings. The second-order valence-corrected chi connectivity index (χ2v) is 4.94. The van der Waals surface area contributed by atoms with Crippen LogP contribution >= 0.6 is 0 Å². The molecule has 1 heterocycles. The maximum absolute atomic E-state index is 11.7. The van der Waals surface area contributed by atoms with Gasteiger partial charge in [-0.1, -0.05) is 39.0 Å². The molecule has 0 unspecified atom stereocenters. The Bertz CT molecular complexity index is 427. The van der Waals surface area contributed by atoms with E-state index in [4.69, 9.17) is 5.11 Å². The van der Waals surface area contributed by atoms with Gasteiger partial charge in [0.15, 0.2) is 0 Å². The van der Waals surface area contributed by atoms with Crippen molar-refractivity contribution >= 4 is 11.9 Å². The van der Waals surface area contributed by atoms with E-state index in [9.17, 15) is 9.59 Å². The summed E-state index contributed by atoms with van der Waals surface area (Å²) < 4.78 is 1.44. The van der Waals surface area contributed by atoms with Gasteiger partial charge in [0.05, 0.1) is 0 Å². The summed E-state index contributed by atoms with van der Waals surface area (Å²) in [5, 5.41) is 11.8. The van der Waals surface area contributed by atoms with Crippen LogP contribution in [0, 0.1) is 0 Å². The first-order valence-electron chi connectivity index (χ1n) is 7.30. The number of carbonyl (C=O) groups excluding carboxylic acids is 1. The molecule has 0 radical (unpaired) electrons. The maximum atomic E-state index is 11.7. The number of nitrogens with one attached hydrogen (secondary N) is 1. The highest BCUT2D eigenvalue weighted by Crippen LogP contribution is 2.04. The van der Waals surface area contributed by atoms with E-state index in [1.807, 2.05) is 0 Å². The van der Waals surface area contributed by atoms with Crippen LogP contribution in [0.5, 0.6) is 0 Å². The van der Waals surface area contributed by atoms with Crippen LogP contribution in [-0.2, 0) is 11.3 Å². The molecule has 0 bridgehead atoms. The molecule has 5 heteroatoms. The van der Waals surface area contributed by atoms with Gasteiger partial charge in [0, 0.05) is 12.7 Å². The average Bonchev–Trinajstić information content (AvgIpc) is 2.86. The van der Waals surface area contributed by atoms with Crippen molar-refractivity contribution in [2.75, 3.05) is 6.54 Å². The average molecular weight is 280 g/mol. The first-order valence-corrected chi connectivity index (χ1v) is 7.30. The summed E-state index contributed by atoms with van der Waals surface area (Å²) >= 11 is 0. The fraction of sp³-hybridized carbons (Fsp3) is 0.600. The molecule has 0 aromatic carbocycles. The molecule has 0 aliphatic heterocycles. The monoisotopic (exact) mass is 280 g/mol. The number of amides is 1. The predicted molar refractivity (Wildman–Crippen MR) is 77.8 cm³/mol. The van der Waals surface area contributed by atoms with Crippen molar-refractivity contribution in [1.29, 1.82) is 0 Å². The van der Waals surface area contributed by atoms with Crippen LogP contribution in [0.3, 0.4) is 0 Å². The summed E-state index contributed by atoms with van der Waals surface area (Å²) in [7, 11) is 0.